The smallest absolute Gasteiger partial charge is 0.218 e. The largest absolute Gasteiger partial charge is 0.493 e. The molecule has 0 spiro atoms. The standard InChI is InChI=1S/C14H18N2O3/c1-9(16-7-6-13(15)17)12-8-10-4-3-5-11(18-2)14(10)19-12/h3-5,8-9,16H,6-7H2,1-2H3,(H2,15,17). The first-order valence-corrected chi connectivity index (χ1v) is 6.20. The molecular weight excluding hydrogens is 244 g/mol. The molecule has 1 aromatic heterocycles. The molecule has 1 aromatic carbocycles. The second kappa shape index (κ2) is 5.75. The molecule has 0 radical (unpaired) electrons. The van der Waals surface area contributed by atoms with Gasteiger partial charge >= 0.3 is 0 Å². The highest BCUT2D eigenvalue weighted by Gasteiger charge is 2.13. The molecule has 2 rings (SSSR count). The van der Waals surface area contributed by atoms with Gasteiger partial charge in [-0.1, -0.05) is 12.1 Å². The van der Waals surface area contributed by atoms with Crippen LogP contribution in [0, 0.1) is 0 Å². The molecule has 0 saturated carbocycles. The Kier molecular flexibility index (Phi) is 4.06. The van der Waals surface area contributed by atoms with Gasteiger partial charge < -0.3 is 20.2 Å². The average Bonchev–Trinajstić information content (AvgIpc) is 2.81. The summed E-state index contributed by atoms with van der Waals surface area (Å²) >= 11 is 0. The third kappa shape index (κ3) is 3.06. The first-order chi connectivity index (χ1) is 9.11. The maximum Gasteiger partial charge on any atom is 0.218 e. The van der Waals surface area contributed by atoms with Crippen molar-refractivity contribution in [1.29, 1.82) is 0 Å². The van der Waals surface area contributed by atoms with Crippen LogP contribution in [-0.4, -0.2) is 19.6 Å². The zero-order chi connectivity index (χ0) is 13.8. The molecular formula is C14H18N2O3. The monoisotopic (exact) mass is 262 g/mol. The number of hydrogen-bond donors (Lipinski definition) is 2. The number of primary amides is 1. The molecule has 5 nitrogen and oxygen atoms in total. The third-order valence-electron chi connectivity index (χ3n) is 3.00. The number of benzene rings is 1. The fraction of sp³-hybridized carbons (Fsp3) is 0.357. The summed E-state index contributed by atoms with van der Waals surface area (Å²) in [5.41, 5.74) is 5.84. The van der Waals surface area contributed by atoms with Gasteiger partial charge in [0.05, 0.1) is 13.2 Å². The molecule has 102 valence electrons. The maximum absolute atomic E-state index is 10.7. The molecule has 3 N–H and O–H groups in total. The van der Waals surface area contributed by atoms with Crippen molar-refractivity contribution in [2.24, 2.45) is 5.73 Å². The van der Waals surface area contributed by atoms with Gasteiger partial charge in [-0.05, 0) is 19.1 Å². The van der Waals surface area contributed by atoms with Gasteiger partial charge in [-0.3, -0.25) is 4.79 Å². The van der Waals surface area contributed by atoms with Crippen LogP contribution >= 0.6 is 0 Å². The highest BCUT2D eigenvalue weighted by Crippen LogP contribution is 2.30. The first-order valence-electron chi connectivity index (χ1n) is 6.20. The molecule has 0 aliphatic rings. The minimum absolute atomic E-state index is 0.0106. The molecule has 1 heterocycles. The minimum atomic E-state index is -0.314. The van der Waals surface area contributed by atoms with Crippen LogP contribution in [0.25, 0.3) is 11.0 Å². The van der Waals surface area contributed by atoms with E-state index in [9.17, 15) is 4.79 Å². The molecule has 0 bridgehead atoms. The lowest BCUT2D eigenvalue weighted by atomic mass is 10.2. The van der Waals surface area contributed by atoms with Gasteiger partial charge in [0.1, 0.15) is 5.76 Å². The van der Waals surface area contributed by atoms with E-state index >= 15 is 0 Å². The summed E-state index contributed by atoms with van der Waals surface area (Å²) < 4.78 is 11.1. The highest BCUT2D eigenvalue weighted by atomic mass is 16.5. The number of amides is 1. The Morgan fingerprint density at radius 3 is 3.00 bits per heavy atom. The molecule has 0 aliphatic heterocycles. The van der Waals surface area contributed by atoms with Gasteiger partial charge in [0, 0.05) is 18.4 Å². The van der Waals surface area contributed by atoms with Gasteiger partial charge in [-0.15, -0.1) is 0 Å². The number of nitrogens with two attached hydrogens (primary N) is 1. The van der Waals surface area contributed by atoms with Crippen molar-refractivity contribution in [3.63, 3.8) is 0 Å². The SMILES string of the molecule is COc1cccc2cc(C(C)NCCC(N)=O)oc12. The van der Waals surface area contributed by atoms with Crippen molar-refractivity contribution in [2.45, 2.75) is 19.4 Å². The van der Waals surface area contributed by atoms with Gasteiger partial charge in [-0.25, -0.2) is 0 Å². The quantitative estimate of drug-likeness (QED) is 0.834. The van der Waals surface area contributed by atoms with Crippen molar-refractivity contribution >= 4 is 16.9 Å². The summed E-state index contributed by atoms with van der Waals surface area (Å²) in [7, 11) is 1.62. The highest BCUT2D eigenvalue weighted by molar-refractivity contribution is 5.83. The summed E-state index contributed by atoms with van der Waals surface area (Å²) in [6, 6.07) is 7.74. The summed E-state index contributed by atoms with van der Waals surface area (Å²) in [5, 5.41) is 4.19. The molecule has 0 aliphatic carbocycles. The fourth-order valence-electron chi connectivity index (χ4n) is 1.94. The Hall–Kier alpha value is -2.01. The first kappa shape index (κ1) is 13.4. The van der Waals surface area contributed by atoms with Crippen LogP contribution in [0.2, 0.25) is 0 Å². The van der Waals surface area contributed by atoms with E-state index in [1.54, 1.807) is 7.11 Å². The van der Waals surface area contributed by atoms with Crippen molar-refractivity contribution in [2.75, 3.05) is 13.7 Å². The van der Waals surface area contributed by atoms with Gasteiger partial charge in [0.2, 0.25) is 5.91 Å². The summed E-state index contributed by atoms with van der Waals surface area (Å²) in [5.74, 6) is 1.21. The zero-order valence-corrected chi connectivity index (χ0v) is 11.1. The van der Waals surface area contributed by atoms with Gasteiger partial charge in [0.15, 0.2) is 11.3 Å². The van der Waals surface area contributed by atoms with Gasteiger partial charge in [-0.2, -0.15) is 0 Å². The summed E-state index contributed by atoms with van der Waals surface area (Å²) in [6.07, 6.45) is 0.313. The number of fused-ring (bicyclic) bond motifs is 1. The Balaban J connectivity index is 2.14. The van der Waals surface area contributed by atoms with Crippen LogP contribution in [0.5, 0.6) is 5.75 Å². The van der Waals surface area contributed by atoms with E-state index in [0.717, 1.165) is 16.7 Å². The molecule has 0 fully saturated rings. The second-order valence-electron chi connectivity index (χ2n) is 4.42. The number of carbonyl (C=O) groups is 1. The Morgan fingerprint density at radius 1 is 1.53 bits per heavy atom. The van der Waals surface area contributed by atoms with E-state index < -0.39 is 0 Å². The number of nitrogens with one attached hydrogen (secondary N) is 1. The lowest BCUT2D eigenvalue weighted by Crippen LogP contribution is -2.24. The number of rotatable bonds is 6. The number of para-hydroxylation sites is 1. The van der Waals surface area contributed by atoms with Crippen LogP contribution in [0.3, 0.4) is 0 Å². The second-order valence-corrected chi connectivity index (χ2v) is 4.42. The van der Waals surface area contributed by atoms with Gasteiger partial charge in [0.25, 0.3) is 0 Å². The van der Waals surface area contributed by atoms with Crippen LogP contribution in [-0.2, 0) is 4.79 Å². The molecule has 5 heteroatoms. The van der Waals surface area contributed by atoms with Crippen molar-refractivity contribution in [3.8, 4) is 5.75 Å². The van der Waals surface area contributed by atoms with E-state index in [-0.39, 0.29) is 11.9 Å². The lowest BCUT2D eigenvalue weighted by molar-refractivity contribution is -0.117. The number of ether oxygens (including phenoxy) is 1. The van der Waals surface area contributed by atoms with Crippen molar-refractivity contribution < 1.29 is 13.9 Å². The van der Waals surface area contributed by atoms with Crippen molar-refractivity contribution in [1.82, 2.24) is 5.32 Å². The van der Waals surface area contributed by atoms with E-state index in [1.807, 2.05) is 31.2 Å². The van der Waals surface area contributed by atoms with E-state index in [4.69, 9.17) is 14.9 Å². The fourth-order valence-corrected chi connectivity index (χ4v) is 1.94. The normalized spacial score (nSPS) is 12.5. The third-order valence-corrected chi connectivity index (χ3v) is 3.00. The van der Waals surface area contributed by atoms with Crippen molar-refractivity contribution in [3.05, 3.63) is 30.0 Å². The van der Waals surface area contributed by atoms with Crippen LogP contribution in [0.1, 0.15) is 25.1 Å². The Bertz CT molecular complexity index is 577. The predicted molar refractivity (Wildman–Crippen MR) is 73.0 cm³/mol. The van der Waals surface area contributed by atoms with Crippen LogP contribution in [0.4, 0.5) is 0 Å². The predicted octanol–water partition coefficient (Wildman–Crippen LogP) is 1.97. The lowest BCUT2D eigenvalue weighted by Gasteiger charge is -2.09. The Labute approximate surface area is 111 Å². The summed E-state index contributed by atoms with van der Waals surface area (Å²) in [4.78, 5) is 10.7. The number of methoxy groups -OCH3 is 1. The molecule has 19 heavy (non-hydrogen) atoms. The van der Waals surface area contributed by atoms with E-state index in [0.29, 0.717) is 18.7 Å². The van der Waals surface area contributed by atoms with Crippen LogP contribution in [0.15, 0.2) is 28.7 Å². The molecule has 1 amide bonds. The number of carbonyl (C=O) groups excluding carboxylic acids is 1. The molecule has 1 atom stereocenters. The summed E-state index contributed by atoms with van der Waals surface area (Å²) in [6.45, 7) is 2.51. The van der Waals surface area contributed by atoms with E-state index in [2.05, 4.69) is 5.32 Å². The molecule has 0 saturated heterocycles. The van der Waals surface area contributed by atoms with Crippen LogP contribution < -0.4 is 15.8 Å². The Morgan fingerprint density at radius 2 is 2.32 bits per heavy atom. The average molecular weight is 262 g/mol. The zero-order valence-electron chi connectivity index (χ0n) is 11.1. The number of furan rings is 1. The topological polar surface area (TPSA) is 77.5 Å². The number of hydrogen-bond acceptors (Lipinski definition) is 4. The molecule has 1 unspecified atom stereocenters. The molecule has 2 aromatic rings. The van der Waals surface area contributed by atoms with E-state index in [1.165, 1.54) is 0 Å². The maximum atomic E-state index is 10.7. The minimum Gasteiger partial charge on any atom is -0.493 e.